The van der Waals surface area contributed by atoms with E-state index in [4.69, 9.17) is 0 Å². The third-order valence-corrected chi connectivity index (χ3v) is 3.54. The van der Waals surface area contributed by atoms with E-state index >= 15 is 0 Å². The van der Waals surface area contributed by atoms with Crippen molar-refractivity contribution in [3.8, 4) is 0 Å². The molecule has 0 N–H and O–H groups in total. The summed E-state index contributed by atoms with van der Waals surface area (Å²) in [7, 11) is 2.24. The highest BCUT2D eigenvalue weighted by Gasteiger charge is 2.40. The van der Waals surface area contributed by atoms with Crippen LogP contribution in [-0.2, 0) is 0 Å². The monoisotopic (exact) mass is 183 g/mol. The van der Waals surface area contributed by atoms with Crippen LogP contribution in [0, 0.1) is 17.8 Å². The van der Waals surface area contributed by atoms with Crippen LogP contribution in [0.1, 0.15) is 40.0 Å². The molecule has 1 saturated carbocycles. The first-order valence-corrected chi connectivity index (χ1v) is 5.87. The summed E-state index contributed by atoms with van der Waals surface area (Å²) in [6.45, 7) is 9.50. The van der Waals surface area contributed by atoms with Gasteiger partial charge in [-0.2, -0.15) is 0 Å². The molecular weight excluding hydrogens is 158 g/mol. The number of hydrogen-bond acceptors (Lipinski definition) is 1. The van der Waals surface area contributed by atoms with Gasteiger partial charge in [0, 0.05) is 6.54 Å². The van der Waals surface area contributed by atoms with Gasteiger partial charge < -0.3 is 4.90 Å². The van der Waals surface area contributed by atoms with Crippen molar-refractivity contribution in [3.05, 3.63) is 0 Å². The number of hydrogen-bond donors (Lipinski definition) is 0. The molecule has 1 aliphatic rings. The Morgan fingerprint density at radius 3 is 2.62 bits per heavy atom. The number of nitrogens with zero attached hydrogens (tertiary/aromatic N) is 1. The molecule has 1 heteroatoms. The minimum Gasteiger partial charge on any atom is -0.306 e. The minimum absolute atomic E-state index is 0.972. The molecule has 0 aliphatic heterocycles. The second-order valence-electron chi connectivity index (χ2n) is 4.78. The van der Waals surface area contributed by atoms with Crippen LogP contribution < -0.4 is 0 Å². The van der Waals surface area contributed by atoms with Crippen molar-refractivity contribution >= 4 is 0 Å². The molecule has 1 fully saturated rings. The Hall–Kier alpha value is -0.0400. The zero-order chi connectivity index (χ0) is 9.84. The van der Waals surface area contributed by atoms with E-state index < -0.39 is 0 Å². The molecule has 1 nitrogen and oxygen atoms in total. The zero-order valence-electron chi connectivity index (χ0n) is 9.71. The molecule has 0 heterocycles. The first kappa shape index (κ1) is 11.0. The largest absolute Gasteiger partial charge is 0.306 e. The van der Waals surface area contributed by atoms with Crippen molar-refractivity contribution in [2.24, 2.45) is 17.8 Å². The summed E-state index contributed by atoms with van der Waals surface area (Å²) in [6.07, 6.45) is 4.27. The topological polar surface area (TPSA) is 3.24 Å². The maximum atomic E-state index is 2.45. The molecule has 1 aliphatic carbocycles. The van der Waals surface area contributed by atoms with Gasteiger partial charge in [-0.3, -0.25) is 0 Å². The Kier molecular flexibility index (Phi) is 4.24. The van der Waals surface area contributed by atoms with E-state index in [0.29, 0.717) is 0 Å². The summed E-state index contributed by atoms with van der Waals surface area (Å²) in [5.41, 5.74) is 0. The summed E-state index contributed by atoms with van der Waals surface area (Å²) in [5.74, 6) is 3.04. The van der Waals surface area contributed by atoms with Crippen LogP contribution in [0.5, 0.6) is 0 Å². The van der Waals surface area contributed by atoms with E-state index in [1.807, 2.05) is 0 Å². The molecule has 3 atom stereocenters. The van der Waals surface area contributed by atoms with Crippen LogP contribution in [0.2, 0.25) is 0 Å². The molecule has 0 amide bonds. The van der Waals surface area contributed by atoms with Gasteiger partial charge in [0.25, 0.3) is 0 Å². The third kappa shape index (κ3) is 3.30. The smallest absolute Gasteiger partial charge is 0.000935 e. The SMILES string of the molecule is CCCC(C)C1CC1CN(C)CC. The Labute approximate surface area is 83.5 Å². The highest BCUT2D eigenvalue weighted by Crippen LogP contribution is 2.45. The fourth-order valence-corrected chi connectivity index (χ4v) is 2.38. The molecule has 0 saturated heterocycles. The van der Waals surface area contributed by atoms with E-state index in [-0.39, 0.29) is 0 Å². The van der Waals surface area contributed by atoms with E-state index in [9.17, 15) is 0 Å². The van der Waals surface area contributed by atoms with E-state index in [2.05, 4.69) is 32.7 Å². The minimum atomic E-state index is 0.972. The van der Waals surface area contributed by atoms with Crippen molar-refractivity contribution in [2.45, 2.75) is 40.0 Å². The lowest BCUT2D eigenvalue weighted by Gasteiger charge is -2.15. The Morgan fingerprint density at radius 2 is 2.08 bits per heavy atom. The first-order chi connectivity index (χ1) is 6.19. The van der Waals surface area contributed by atoms with Crippen LogP contribution in [0.15, 0.2) is 0 Å². The third-order valence-electron chi connectivity index (χ3n) is 3.54. The van der Waals surface area contributed by atoms with Gasteiger partial charge in [-0.15, -0.1) is 0 Å². The van der Waals surface area contributed by atoms with Gasteiger partial charge in [-0.1, -0.05) is 33.6 Å². The predicted octanol–water partition coefficient (Wildman–Crippen LogP) is 3.01. The van der Waals surface area contributed by atoms with Crippen LogP contribution in [0.25, 0.3) is 0 Å². The Morgan fingerprint density at radius 1 is 1.38 bits per heavy atom. The molecule has 13 heavy (non-hydrogen) atoms. The van der Waals surface area contributed by atoms with Crippen molar-refractivity contribution in [1.82, 2.24) is 4.90 Å². The van der Waals surface area contributed by atoms with Gasteiger partial charge in [-0.25, -0.2) is 0 Å². The van der Waals surface area contributed by atoms with Crippen LogP contribution in [0.3, 0.4) is 0 Å². The van der Waals surface area contributed by atoms with Gasteiger partial charge in [0.15, 0.2) is 0 Å². The van der Waals surface area contributed by atoms with Crippen molar-refractivity contribution in [1.29, 1.82) is 0 Å². The summed E-state index contributed by atoms with van der Waals surface area (Å²) in [4.78, 5) is 2.45. The molecule has 78 valence electrons. The summed E-state index contributed by atoms with van der Waals surface area (Å²) < 4.78 is 0. The molecule has 0 aromatic carbocycles. The molecule has 0 aromatic heterocycles. The van der Waals surface area contributed by atoms with Crippen LogP contribution in [-0.4, -0.2) is 25.0 Å². The van der Waals surface area contributed by atoms with Crippen molar-refractivity contribution in [2.75, 3.05) is 20.1 Å². The van der Waals surface area contributed by atoms with Gasteiger partial charge in [0.2, 0.25) is 0 Å². The molecular formula is C12H25N. The molecule has 0 aromatic rings. The molecule has 0 radical (unpaired) electrons. The van der Waals surface area contributed by atoms with Gasteiger partial charge in [0.1, 0.15) is 0 Å². The summed E-state index contributed by atoms with van der Waals surface area (Å²) >= 11 is 0. The lowest BCUT2D eigenvalue weighted by molar-refractivity contribution is 0.314. The molecule has 3 unspecified atom stereocenters. The fourth-order valence-electron chi connectivity index (χ4n) is 2.38. The van der Waals surface area contributed by atoms with Crippen molar-refractivity contribution < 1.29 is 0 Å². The highest BCUT2D eigenvalue weighted by molar-refractivity contribution is 4.90. The van der Waals surface area contributed by atoms with Crippen molar-refractivity contribution in [3.63, 3.8) is 0 Å². The highest BCUT2D eigenvalue weighted by atomic mass is 15.1. The van der Waals surface area contributed by atoms with E-state index in [1.54, 1.807) is 0 Å². The maximum Gasteiger partial charge on any atom is 0.000935 e. The lowest BCUT2D eigenvalue weighted by atomic mass is 9.99. The second-order valence-corrected chi connectivity index (χ2v) is 4.78. The number of rotatable bonds is 6. The van der Waals surface area contributed by atoms with Gasteiger partial charge >= 0.3 is 0 Å². The molecule has 1 rings (SSSR count). The maximum absolute atomic E-state index is 2.45. The average molecular weight is 183 g/mol. The van der Waals surface area contributed by atoms with Gasteiger partial charge in [0.05, 0.1) is 0 Å². The lowest BCUT2D eigenvalue weighted by Crippen LogP contribution is -2.21. The zero-order valence-corrected chi connectivity index (χ0v) is 9.71. The Balaban J connectivity index is 2.14. The van der Waals surface area contributed by atoms with E-state index in [1.165, 1.54) is 32.4 Å². The molecule has 0 spiro atoms. The normalized spacial score (nSPS) is 29.3. The summed E-state index contributed by atoms with van der Waals surface area (Å²) in [5, 5.41) is 0. The quantitative estimate of drug-likeness (QED) is 0.612. The fraction of sp³-hybridized carbons (Fsp3) is 1.00. The summed E-state index contributed by atoms with van der Waals surface area (Å²) in [6, 6.07) is 0. The predicted molar refractivity (Wildman–Crippen MR) is 58.8 cm³/mol. The Bertz CT molecular complexity index is 144. The average Bonchev–Trinajstić information content (AvgIpc) is 2.84. The van der Waals surface area contributed by atoms with Crippen LogP contribution in [0.4, 0.5) is 0 Å². The van der Waals surface area contributed by atoms with E-state index in [0.717, 1.165) is 17.8 Å². The standard InChI is InChI=1S/C12H25N/c1-5-7-10(3)12-8-11(12)9-13(4)6-2/h10-12H,5-9H2,1-4H3. The molecule has 0 bridgehead atoms. The van der Waals surface area contributed by atoms with Gasteiger partial charge in [-0.05, 0) is 37.8 Å². The second kappa shape index (κ2) is 4.99. The first-order valence-electron chi connectivity index (χ1n) is 5.87. The van der Waals surface area contributed by atoms with Crippen LogP contribution >= 0.6 is 0 Å².